The van der Waals surface area contributed by atoms with Gasteiger partial charge in [-0.2, -0.15) is 13.2 Å². The molecule has 7 nitrogen and oxygen atoms in total. The first-order valence-electron chi connectivity index (χ1n) is 8.93. The van der Waals surface area contributed by atoms with Gasteiger partial charge in [-0.25, -0.2) is 4.79 Å². The largest absolute Gasteiger partial charge is 0.418 e. The fourth-order valence-electron chi connectivity index (χ4n) is 2.57. The Balaban J connectivity index is 1.95. The van der Waals surface area contributed by atoms with E-state index in [0.717, 1.165) is 25.0 Å². The van der Waals surface area contributed by atoms with E-state index in [1.807, 2.05) is 0 Å². The molecule has 154 valence electrons. The van der Waals surface area contributed by atoms with E-state index >= 15 is 0 Å². The van der Waals surface area contributed by atoms with Crippen molar-refractivity contribution in [3.8, 4) is 0 Å². The molecule has 0 aromatic heterocycles. The summed E-state index contributed by atoms with van der Waals surface area (Å²) >= 11 is 0. The molecule has 2 rings (SSSR count). The quantitative estimate of drug-likeness (QED) is 0.655. The van der Waals surface area contributed by atoms with E-state index in [-0.39, 0.29) is 24.8 Å². The summed E-state index contributed by atoms with van der Waals surface area (Å²) in [5.74, 6) is -1.29. The predicted molar refractivity (Wildman–Crippen MR) is 96.5 cm³/mol. The Morgan fingerprint density at radius 3 is 2.43 bits per heavy atom. The Morgan fingerprint density at radius 2 is 1.86 bits per heavy atom. The minimum Gasteiger partial charge on any atom is -0.335 e. The number of imide groups is 1. The van der Waals surface area contributed by atoms with E-state index < -0.39 is 35.6 Å². The van der Waals surface area contributed by atoms with Crippen molar-refractivity contribution in [3.63, 3.8) is 0 Å². The van der Waals surface area contributed by atoms with E-state index in [2.05, 4.69) is 16.0 Å². The predicted octanol–water partition coefficient (Wildman–Crippen LogP) is 2.34. The van der Waals surface area contributed by atoms with Crippen LogP contribution in [0.4, 0.5) is 23.7 Å². The van der Waals surface area contributed by atoms with Crippen LogP contribution < -0.4 is 16.0 Å². The van der Waals surface area contributed by atoms with Crippen molar-refractivity contribution in [1.29, 1.82) is 0 Å². The molecule has 0 radical (unpaired) electrons. The third kappa shape index (κ3) is 6.22. The molecule has 0 heterocycles. The highest BCUT2D eigenvalue weighted by atomic mass is 19.4. The van der Waals surface area contributed by atoms with Crippen LogP contribution in [-0.2, 0) is 15.8 Å². The maximum absolute atomic E-state index is 13.0. The summed E-state index contributed by atoms with van der Waals surface area (Å²) in [4.78, 5) is 37.5. The molecule has 4 amide bonds. The number of urea groups is 1. The number of likely N-dealkylation sites (N-methyl/N-ethyl adjacent to an activating group) is 1. The third-order valence-corrected chi connectivity index (χ3v) is 4.34. The Bertz CT molecular complexity index is 735. The molecule has 1 aromatic carbocycles. The van der Waals surface area contributed by atoms with Crippen LogP contribution in [0.1, 0.15) is 32.3 Å². The van der Waals surface area contributed by atoms with Crippen molar-refractivity contribution in [2.45, 2.75) is 44.9 Å². The van der Waals surface area contributed by atoms with Gasteiger partial charge in [0.15, 0.2) is 0 Å². The second kappa shape index (κ2) is 9.05. The van der Waals surface area contributed by atoms with Crippen LogP contribution in [0.15, 0.2) is 24.3 Å². The smallest absolute Gasteiger partial charge is 0.335 e. The molecule has 0 spiro atoms. The zero-order chi connectivity index (χ0) is 20.9. The molecule has 0 bridgehead atoms. The average Bonchev–Trinajstić information content (AvgIpc) is 3.42. The average molecular weight is 400 g/mol. The highest BCUT2D eigenvalue weighted by Crippen LogP contribution is 2.34. The summed E-state index contributed by atoms with van der Waals surface area (Å²) in [6.07, 6.45) is -2.86. The number of benzene rings is 1. The number of carbonyl (C=O) groups excluding carboxylic acids is 3. The molecule has 1 saturated carbocycles. The van der Waals surface area contributed by atoms with Crippen LogP contribution in [0, 0.1) is 0 Å². The molecule has 10 heteroatoms. The van der Waals surface area contributed by atoms with E-state index in [9.17, 15) is 27.6 Å². The number of alkyl halides is 3. The fourth-order valence-corrected chi connectivity index (χ4v) is 2.57. The minimum absolute atomic E-state index is 0.0878. The van der Waals surface area contributed by atoms with Gasteiger partial charge in [-0.15, -0.1) is 0 Å². The van der Waals surface area contributed by atoms with Gasteiger partial charge in [0, 0.05) is 6.04 Å². The van der Waals surface area contributed by atoms with Gasteiger partial charge in [-0.05, 0) is 38.4 Å². The lowest BCUT2D eigenvalue weighted by Crippen LogP contribution is -2.51. The van der Waals surface area contributed by atoms with Crippen molar-refractivity contribution < 1.29 is 27.6 Å². The second-order valence-corrected chi connectivity index (χ2v) is 6.57. The van der Waals surface area contributed by atoms with Gasteiger partial charge in [-0.1, -0.05) is 19.1 Å². The highest BCUT2D eigenvalue weighted by molar-refractivity contribution is 5.98. The standard InChI is InChI=1S/C18H23F3N4O3/c1-3-25(11(2)16(27)24-17(28)22-12-8-9-12)10-15(26)23-14-7-5-4-6-13(14)18(19,20)21/h4-7,11-12H,3,8-10H2,1-2H3,(H,23,26)(H2,22,24,27,28). The van der Waals surface area contributed by atoms with E-state index in [0.29, 0.717) is 0 Å². The maximum Gasteiger partial charge on any atom is 0.418 e. The van der Waals surface area contributed by atoms with E-state index in [4.69, 9.17) is 0 Å². The van der Waals surface area contributed by atoms with Crippen LogP contribution in [0.5, 0.6) is 0 Å². The van der Waals surface area contributed by atoms with Crippen molar-refractivity contribution in [3.05, 3.63) is 29.8 Å². The molecule has 28 heavy (non-hydrogen) atoms. The molecule has 1 aromatic rings. The Hall–Kier alpha value is -2.62. The number of anilines is 1. The number of hydrogen-bond acceptors (Lipinski definition) is 4. The van der Waals surface area contributed by atoms with Crippen molar-refractivity contribution in [1.82, 2.24) is 15.5 Å². The first kappa shape index (κ1) is 21.7. The molecular weight excluding hydrogens is 377 g/mol. The molecule has 1 fully saturated rings. The molecule has 3 N–H and O–H groups in total. The lowest BCUT2D eigenvalue weighted by atomic mass is 10.1. The minimum atomic E-state index is -4.60. The van der Waals surface area contributed by atoms with Crippen molar-refractivity contribution in [2.75, 3.05) is 18.4 Å². The number of carbonyl (C=O) groups is 3. The highest BCUT2D eigenvalue weighted by Gasteiger charge is 2.34. The number of rotatable bonds is 7. The molecule has 1 unspecified atom stereocenters. The van der Waals surface area contributed by atoms with Gasteiger partial charge in [0.05, 0.1) is 23.8 Å². The lowest BCUT2D eigenvalue weighted by molar-refractivity contribution is -0.137. The molecule has 1 aliphatic carbocycles. The van der Waals surface area contributed by atoms with Gasteiger partial charge in [0.2, 0.25) is 11.8 Å². The van der Waals surface area contributed by atoms with Gasteiger partial charge in [-0.3, -0.25) is 19.8 Å². The van der Waals surface area contributed by atoms with Gasteiger partial charge in [0.25, 0.3) is 0 Å². The molecule has 0 aliphatic heterocycles. The van der Waals surface area contributed by atoms with Crippen LogP contribution in [-0.4, -0.2) is 47.9 Å². The molecule has 1 aliphatic rings. The third-order valence-electron chi connectivity index (χ3n) is 4.34. The second-order valence-electron chi connectivity index (χ2n) is 6.57. The van der Waals surface area contributed by atoms with Crippen molar-refractivity contribution in [2.24, 2.45) is 0 Å². The summed E-state index contributed by atoms with van der Waals surface area (Å²) in [6.45, 7) is 3.19. The zero-order valence-corrected chi connectivity index (χ0v) is 15.6. The van der Waals surface area contributed by atoms with E-state index in [1.54, 1.807) is 6.92 Å². The number of hydrogen-bond donors (Lipinski definition) is 3. The molecular formula is C18H23F3N4O3. The van der Waals surface area contributed by atoms with Gasteiger partial charge >= 0.3 is 12.2 Å². The van der Waals surface area contributed by atoms with Crippen LogP contribution in [0.2, 0.25) is 0 Å². The Morgan fingerprint density at radius 1 is 1.21 bits per heavy atom. The monoisotopic (exact) mass is 400 g/mol. The number of para-hydroxylation sites is 1. The van der Waals surface area contributed by atoms with Crippen molar-refractivity contribution >= 4 is 23.5 Å². The number of amides is 4. The first-order chi connectivity index (χ1) is 13.1. The number of nitrogens with one attached hydrogen (secondary N) is 3. The first-order valence-corrected chi connectivity index (χ1v) is 8.93. The van der Waals surface area contributed by atoms with Gasteiger partial charge < -0.3 is 10.6 Å². The summed E-state index contributed by atoms with van der Waals surface area (Å²) in [7, 11) is 0. The maximum atomic E-state index is 13.0. The van der Waals surface area contributed by atoms with Crippen LogP contribution in [0.25, 0.3) is 0 Å². The zero-order valence-electron chi connectivity index (χ0n) is 15.6. The summed E-state index contributed by atoms with van der Waals surface area (Å²) in [5.41, 5.74) is -1.30. The number of nitrogens with zero attached hydrogens (tertiary/aromatic N) is 1. The summed E-state index contributed by atoms with van der Waals surface area (Å²) in [6, 6.07) is 3.33. The van der Waals surface area contributed by atoms with Crippen LogP contribution >= 0.6 is 0 Å². The molecule has 0 saturated heterocycles. The summed E-state index contributed by atoms with van der Waals surface area (Å²) < 4.78 is 39.1. The number of halogens is 3. The lowest BCUT2D eigenvalue weighted by Gasteiger charge is -2.26. The molecule has 1 atom stereocenters. The van der Waals surface area contributed by atoms with E-state index in [1.165, 1.54) is 24.0 Å². The summed E-state index contributed by atoms with van der Waals surface area (Å²) in [5, 5.41) is 7.06. The fraction of sp³-hybridized carbons (Fsp3) is 0.500. The topological polar surface area (TPSA) is 90.5 Å². The van der Waals surface area contributed by atoms with Gasteiger partial charge in [0.1, 0.15) is 0 Å². The normalized spacial score (nSPS) is 15.1. The Labute approximate surface area is 160 Å². The Kier molecular flexibility index (Phi) is 7.00. The SMILES string of the molecule is CCN(CC(=O)Nc1ccccc1C(F)(F)F)C(C)C(=O)NC(=O)NC1CC1. The van der Waals surface area contributed by atoms with Crippen LogP contribution in [0.3, 0.4) is 0 Å².